The molecule has 0 aromatic carbocycles. The van der Waals surface area contributed by atoms with Crippen LogP contribution in [0, 0.1) is 46.3 Å². The molecule has 0 N–H and O–H groups in total. The van der Waals surface area contributed by atoms with Gasteiger partial charge in [-0.2, -0.15) is 0 Å². The molecule has 0 spiro atoms. The highest BCUT2D eigenvalue weighted by atomic mass is 16.2. The molecule has 4 fully saturated rings. The van der Waals surface area contributed by atoms with Crippen LogP contribution in [0.15, 0.2) is 11.6 Å². The summed E-state index contributed by atoms with van der Waals surface area (Å²) in [6.07, 6.45) is 19.5. The van der Waals surface area contributed by atoms with E-state index in [1.807, 2.05) is 21.0 Å². The fraction of sp³-hybridized carbons (Fsp3) is 0.897. The summed E-state index contributed by atoms with van der Waals surface area (Å²) in [5.74, 6) is 5.84. The summed E-state index contributed by atoms with van der Waals surface area (Å²) in [5.41, 5.74) is 2.13. The van der Waals surface area contributed by atoms with E-state index in [1.54, 1.807) is 4.90 Å². The molecule has 1 unspecified atom stereocenters. The lowest BCUT2D eigenvalue weighted by molar-refractivity contribution is -0.124. The van der Waals surface area contributed by atoms with E-state index >= 15 is 0 Å². The van der Waals surface area contributed by atoms with Crippen molar-refractivity contribution in [2.45, 2.75) is 105 Å². The summed E-state index contributed by atoms with van der Waals surface area (Å²) < 4.78 is 0. The molecule has 4 aliphatic carbocycles. The van der Waals surface area contributed by atoms with Crippen LogP contribution in [0.5, 0.6) is 0 Å². The lowest BCUT2D eigenvalue weighted by Gasteiger charge is -2.61. The van der Waals surface area contributed by atoms with Crippen molar-refractivity contribution in [2.75, 3.05) is 14.1 Å². The second-order valence-corrected chi connectivity index (χ2v) is 12.8. The average molecular weight is 428 g/mol. The number of fused-ring (bicyclic) bond motifs is 5. The SMILES string of the molecule is CC(=CCC[C@@H](C)[C@H]1CC[C@H]2[C@@H]3CCC4CCCC[C@]4(C)[C@H]3CC[C@]12C)C(=O)N(C)C. The van der Waals surface area contributed by atoms with Crippen LogP contribution < -0.4 is 0 Å². The van der Waals surface area contributed by atoms with Crippen molar-refractivity contribution in [3.05, 3.63) is 11.6 Å². The van der Waals surface area contributed by atoms with Crippen molar-refractivity contribution in [3.63, 3.8) is 0 Å². The maximum absolute atomic E-state index is 12.1. The molecule has 2 nitrogen and oxygen atoms in total. The number of carbonyl (C=O) groups excluding carboxylic acids is 1. The molecule has 4 rings (SSSR count). The van der Waals surface area contributed by atoms with Crippen molar-refractivity contribution in [2.24, 2.45) is 46.3 Å². The van der Waals surface area contributed by atoms with E-state index in [4.69, 9.17) is 0 Å². The monoisotopic (exact) mass is 427 g/mol. The Morgan fingerprint density at radius 2 is 1.71 bits per heavy atom. The quantitative estimate of drug-likeness (QED) is 0.416. The number of amides is 1. The number of rotatable bonds is 5. The van der Waals surface area contributed by atoms with Gasteiger partial charge in [0.05, 0.1) is 0 Å². The molecule has 4 saturated carbocycles. The molecule has 0 radical (unpaired) electrons. The predicted molar refractivity (Wildman–Crippen MR) is 131 cm³/mol. The van der Waals surface area contributed by atoms with Crippen LogP contribution in [0.25, 0.3) is 0 Å². The van der Waals surface area contributed by atoms with Gasteiger partial charge < -0.3 is 4.90 Å². The zero-order valence-corrected chi connectivity index (χ0v) is 21.4. The van der Waals surface area contributed by atoms with Crippen molar-refractivity contribution >= 4 is 5.91 Å². The van der Waals surface area contributed by atoms with Gasteiger partial charge in [0, 0.05) is 19.7 Å². The molecule has 31 heavy (non-hydrogen) atoms. The lowest BCUT2D eigenvalue weighted by Crippen LogP contribution is -2.53. The highest BCUT2D eigenvalue weighted by Gasteiger charge is 2.59. The first kappa shape index (κ1) is 23.4. The van der Waals surface area contributed by atoms with Crippen LogP contribution in [0.1, 0.15) is 105 Å². The van der Waals surface area contributed by atoms with Gasteiger partial charge in [0.15, 0.2) is 0 Å². The van der Waals surface area contributed by atoms with Gasteiger partial charge in [0.1, 0.15) is 0 Å². The summed E-state index contributed by atoms with van der Waals surface area (Å²) >= 11 is 0. The van der Waals surface area contributed by atoms with Gasteiger partial charge in [-0.05, 0) is 117 Å². The van der Waals surface area contributed by atoms with Crippen LogP contribution >= 0.6 is 0 Å². The molecular formula is C29H49NO. The van der Waals surface area contributed by atoms with Gasteiger partial charge in [-0.15, -0.1) is 0 Å². The van der Waals surface area contributed by atoms with E-state index in [2.05, 4.69) is 26.8 Å². The number of likely N-dealkylation sites (N-methyl/N-ethyl adjacent to an activating group) is 1. The van der Waals surface area contributed by atoms with Crippen LogP contribution in [-0.2, 0) is 4.79 Å². The Balaban J connectivity index is 1.41. The molecule has 0 aromatic rings. The lowest BCUT2D eigenvalue weighted by atomic mass is 9.44. The number of nitrogens with zero attached hydrogens (tertiary/aromatic N) is 1. The molecule has 0 saturated heterocycles. The molecule has 2 heteroatoms. The normalized spacial score (nSPS) is 43.5. The van der Waals surface area contributed by atoms with Crippen LogP contribution in [0.4, 0.5) is 0 Å². The number of hydrogen-bond acceptors (Lipinski definition) is 1. The first-order valence-electron chi connectivity index (χ1n) is 13.6. The standard InChI is InChI=1S/C29H49NO/c1-20(10-9-11-21(2)27(31)30(5)6)24-15-16-25-23-14-13-22-12-7-8-18-28(22,3)26(23)17-19-29(24,25)4/h11,20,22-26H,7-10,12-19H2,1-6H3/t20-,22?,23+,24-,25+,26+,28+,29-/m1/s1. The molecule has 4 aliphatic rings. The summed E-state index contributed by atoms with van der Waals surface area (Å²) in [6, 6.07) is 0. The van der Waals surface area contributed by atoms with Gasteiger partial charge in [-0.25, -0.2) is 0 Å². The molecule has 176 valence electrons. The van der Waals surface area contributed by atoms with Crippen molar-refractivity contribution < 1.29 is 4.79 Å². The molecule has 8 atom stereocenters. The molecule has 0 bridgehead atoms. The van der Waals surface area contributed by atoms with Crippen LogP contribution in [-0.4, -0.2) is 24.9 Å². The van der Waals surface area contributed by atoms with Crippen LogP contribution in [0.2, 0.25) is 0 Å². The minimum absolute atomic E-state index is 0.158. The van der Waals surface area contributed by atoms with Gasteiger partial charge in [-0.1, -0.05) is 39.7 Å². The Labute approximate surface area is 192 Å². The van der Waals surface area contributed by atoms with Crippen LogP contribution in [0.3, 0.4) is 0 Å². The first-order chi connectivity index (χ1) is 14.7. The third-order valence-corrected chi connectivity index (χ3v) is 11.2. The van der Waals surface area contributed by atoms with Gasteiger partial charge in [0.25, 0.3) is 0 Å². The third kappa shape index (κ3) is 4.04. The van der Waals surface area contributed by atoms with E-state index in [1.165, 1.54) is 70.6 Å². The zero-order chi connectivity index (χ0) is 22.4. The minimum Gasteiger partial charge on any atom is -0.345 e. The van der Waals surface area contributed by atoms with Gasteiger partial charge >= 0.3 is 0 Å². The molecule has 0 aromatic heterocycles. The van der Waals surface area contributed by atoms with E-state index < -0.39 is 0 Å². The molecule has 1 amide bonds. The number of hydrogen-bond donors (Lipinski definition) is 0. The number of allylic oxidation sites excluding steroid dienone is 1. The van der Waals surface area contributed by atoms with Gasteiger partial charge in [-0.3, -0.25) is 4.79 Å². The summed E-state index contributed by atoms with van der Waals surface area (Å²) in [4.78, 5) is 13.8. The van der Waals surface area contributed by atoms with E-state index in [9.17, 15) is 4.79 Å². The maximum atomic E-state index is 12.1. The maximum Gasteiger partial charge on any atom is 0.248 e. The fourth-order valence-electron chi connectivity index (χ4n) is 9.47. The van der Waals surface area contributed by atoms with E-state index in [0.717, 1.165) is 47.5 Å². The Bertz CT molecular complexity index is 695. The Morgan fingerprint density at radius 1 is 0.968 bits per heavy atom. The predicted octanol–water partition coefficient (Wildman–Crippen LogP) is 7.49. The van der Waals surface area contributed by atoms with Crippen molar-refractivity contribution in [1.82, 2.24) is 4.90 Å². The second kappa shape index (κ2) is 8.86. The topological polar surface area (TPSA) is 20.3 Å². The Hall–Kier alpha value is -0.790. The average Bonchev–Trinajstić information content (AvgIpc) is 3.09. The molecule has 0 aliphatic heterocycles. The van der Waals surface area contributed by atoms with E-state index in [-0.39, 0.29) is 5.91 Å². The molecule has 0 heterocycles. The third-order valence-electron chi connectivity index (χ3n) is 11.2. The second-order valence-electron chi connectivity index (χ2n) is 12.8. The highest BCUT2D eigenvalue weighted by Crippen LogP contribution is 2.68. The Kier molecular flexibility index (Phi) is 6.68. The summed E-state index contributed by atoms with van der Waals surface area (Å²) in [7, 11) is 3.69. The van der Waals surface area contributed by atoms with Gasteiger partial charge in [0.2, 0.25) is 5.91 Å². The number of carbonyl (C=O) groups is 1. The Morgan fingerprint density at radius 3 is 2.45 bits per heavy atom. The zero-order valence-electron chi connectivity index (χ0n) is 21.4. The van der Waals surface area contributed by atoms with E-state index in [0.29, 0.717) is 10.8 Å². The minimum atomic E-state index is 0.158. The smallest absolute Gasteiger partial charge is 0.248 e. The van der Waals surface area contributed by atoms with Crippen molar-refractivity contribution in [1.29, 1.82) is 0 Å². The first-order valence-corrected chi connectivity index (χ1v) is 13.6. The fourth-order valence-corrected chi connectivity index (χ4v) is 9.47. The molecular weight excluding hydrogens is 378 g/mol. The van der Waals surface area contributed by atoms with Crippen molar-refractivity contribution in [3.8, 4) is 0 Å². The summed E-state index contributed by atoms with van der Waals surface area (Å²) in [6.45, 7) is 9.88. The largest absolute Gasteiger partial charge is 0.345 e. The summed E-state index contributed by atoms with van der Waals surface area (Å²) in [5, 5.41) is 0. The highest BCUT2D eigenvalue weighted by molar-refractivity contribution is 5.92.